The summed E-state index contributed by atoms with van der Waals surface area (Å²) >= 11 is 0. The van der Waals surface area contributed by atoms with Crippen LogP contribution in [-0.4, -0.2) is 46.2 Å². The molecule has 2 aliphatic heterocycles. The Kier molecular flexibility index (Phi) is 3.79. The Morgan fingerprint density at radius 3 is 2.67 bits per heavy atom. The first kappa shape index (κ1) is 14.9. The highest BCUT2D eigenvalue weighted by molar-refractivity contribution is 6.00. The summed E-state index contributed by atoms with van der Waals surface area (Å²) < 4.78 is 1.72. The summed E-state index contributed by atoms with van der Waals surface area (Å²) in [6.45, 7) is 2.23. The van der Waals surface area contributed by atoms with E-state index < -0.39 is 11.9 Å². The summed E-state index contributed by atoms with van der Waals surface area (Å²) in [4.78, 5) is 30.2. The lowest BCUT2D eigenvalue weighted by molar-refractivity contribution is -0.122. The van der Waals surface area contributed by atoms with Crippen molar-refractivity contribution in [2.24, 2.45) is 0 Å². The highest BCUT2D eigenvalue weighted by atomic mass is 16.2. The van der Waals surface area contributed by atoms with Gasteiger partial charge in [-0.2, -0.15) is 5.10 Å². The summed E-state index contributed by atoms with van der Waals surface area (Å²) in [6, 6.07) is 1.50. The van der Waals surface area contributed by atoms with Crippen molar-refractivity contribution in [1.82, 2.24) is 25.2 Å². The van der Waals surface area contributed by atoms with Crippen molar-refractivity contribution in [3.63, 3.8) is 0 Å². The van der Waals surface area contributed by atoms with E-state index >= 15 is 0 Å². The van der Waals surface area contributed by atoms with Gasteiger partial charge >= 0.3 is 6.03 Å². The second-order valence-corrected chi connectivity index (χ2v) is 6.30. The summed E-state index contributed by atoms with van der Waals surface area (Å²) in [5, 5.41) is 9.50. The van der Waals surface area contributed by atoms with Crippen molar-refractivity contribution >= 4 is 23.3 Å². The van der Waals surface area contributed by atoms with Gasteiger partial charge in [-0.15, -0.1) is 0 Å². The molecule has 24 heavy (non-hydrogen) atoms. The Bertz CT molecular complexity index is 778. The fourth-order valence-corrected chi connectivity index (χ4v) is 3.40. The SMILES string of the molecule is O=C1NCC(c2cc(N3CCCCCC3)c3nccn3n2)C(=O)N1. The molecule has 2 saturated heterocycles. The van der Waals surface area contributed by atoms with Crippen molar-refractivity contribution in [1.29, 1.82) is 0 Å². The van der Waals surface area contributed by atoms with Gasteiger partial charge in [0, 0.05) is 32.0 Å². The van der Waals surface area contributed by atoms with Crippen LogP contribution < -0.4 is 15.5 Å². The molecule has 0 spiro atoms. The Balaban J connectivity index is 1.74. The first-order valence-corrected chi connectivity index (χ1v) is 8.40. The standard InChI is InChI=1S/C16H20N6O2/c23-15-11(10-18-16(24)19-15)12-9-13(14-17-5-8-22(14)20-12)21-6-3-1-2-4-7-21/h5,8-9,11H,1-4,6-7,10H2,(H2,18,19,23,24). The van der Waals surface area contributed by atoms with Crippen LogP contribution in [-0.2, 0) is 4.79 Å². The molecule has 0 aliphatic carbocycles. The zero-order valence-electron chi connectivity index (χ0n) is 13.4. The van der Waals surface area contributed by atoms with E-state index in [2.05, 4.69) is 25.6 Å². The summed E-state index contributed by atoms with van der Waals surface area (Å²) in [5.41, 5.74) is 2.47. The molecule has 2 N–H and O–H groups in total. The Morgan fingerprint density at radius 2 is 1.92 bits per heavy atom. The Labute approximate surface area is 139 Å². The zero-order valence-corrected chi connectivity index (χ0v) is 13.4. The van der Waals surface area contributed by atoms with E-state index in [4.69, 9.17) is 0 Å². The molecule has 0 bridgehead atoms. The number of hydrogen-bond donors (Lipinski definition) is 2. The molecule has 0 aromatic carbocycles. The lowest BCUT2D eigenvalue weighted by Crippen LogP contribution is -2.51. The van der Waals surface area contributed by atoms with Crippen LogP contribution in [0, 0.1) is 0 Å². The van der Waals surface area contributed by atoms with Crippen LogP contribution in [0.2, 0.25) is 0 Å². The van der Waals surface area contributed by atoms with Gasteiger partial charge < -0.3 is 10.2 Å². The number of carbonyl (C=O) groups excluding carboxylic acids is 2. The first-order valence-electron chi connectivity index (χ1n) is 8.40. The maximum atomic E-state index is 12.2. The molecule has 3 amide bonds. The predicted octanol–water partition coefficient (Wildman–Crippen LogP) is 1.03. The minimum absolute atomic E-state index is 0.261. The molecular weight excluding hydrogens is 308 g/mol. The molecule has 0 saturated carbocycles. The molecule has 2 aromatic heterocycles. The fourth-order valence-electron chi connectivity index (χ4n) is 3.40. The quantitative estimate of drug-likeness (QED) is 0.859. The van der Waals surface area contributed by atoms with Gasteiger partial charge in [0.1, 0.15) is 0 Å². The smallest absolute Gasteiger partial charge is 0.321 e. The molecule has 2 fully saturated rings. The summed E-state index contributed by atoms with van der Waals surface area (Å²) in [6.07, 6.45) is 8.32. The normalized spacial score (nSPS) is 22.2. The van der Waals surface area contributed by atoms with Gasteiger partial charge in [-0.3, -0.25) is 10.1 Å². The fraction of sp³-hybridized carbons (Fsp3) is 0.500. The molecule has 0 radical (unpaired) electrons. The molecular formula is C16H20N6O2. The molecule has 126 valence electrons. The number of carbonyl (C=O) groups is 2. The molecule has 8 nitrogen and oxygen atoms in total. The molecule has 8 heteroatoms. The van der Waals surface area contributed by atoms with E-state index in [1.54, 1.807) is 16.9 Å². The number of fused-ring (bicyclic) bond motifs is 1. The minimum atomic E-state index is -0.486. The lowest BCUT2D eigenvalue weighted by atomic mass is 10.0. The predicted molar refractivity (Wildman–Crippen MR) is 88.0 cm³/mol. The van der Waals surface area contributed by atoms with Crippen LogP contribution in [0.1, 0.15) is 37.3 Å². The van der Waals surface area contributed by atoms with Gasteiger partial charge in [-0.05, 0) is 18.9 Å². The number of aromatic nitrogens is 3. The van der Waals surface area contributed by atoms with E-state index in [-0.39, 0.29) is 12.5 Å². The molecule has 4 heterocycles. The van der Waals surface area contributed by atoms with E-state index in [1.165, 1.54) is 12.8 Å². The monoisotopic (exact) mass is 328 g/mol. The van der Waals surface area contributed by atoms with Crippen molar-refractivity contribution in [2.45, 2.75) is 31.6 Å². The topological polar surface area (TPSA) is 91.6 Å². The highest BCUT2D eigenvalue weighted by Crippen LogP contribution is 2.27. The van der Waals surface area contributed by atoms with Crippen LogP contribution in [0.3, 0.4) is 0 Å². The maximum Gasteiger partial charge on any atom is 0.321 e. The summed E-state index contributed by atoms with van der Waals surface area (Å²) in [5.74, 6) is -0.798. The number of imide groups is 1. The second-order valence-electron chi connectivity index (χ2n) is 6.30. The zero-order chi connectivity index (χ0) is 16.5. The van der Waals surface area contributed by atoms with Crippen molar-refractivity contribution in [3.8, 4) is 0 Å². The number of anilines is 1. The van der Waals surface area contributed by atoms with Gasteiger partial charge in [0.05, 0.1) is 17.3 Å². The summed E-state index contributed by atoms with van der Waals surface area (Å²) in [7, 11) is 0. The van der Waals surface area contributed by atoms with Crippen molar-refractivity contribution in [3.05, 3.63) is 24.2 Å². The highest BCUT2D eigenvalue weighted by Gasteiger charge is 2.30. The number of hydrogen-bond acceptors (Lipinski definition) is 5. The van der Waals surface area contributed by atoms with Gasteiger partial charge in [0.15, 0.2) is 5.65 Å². The third-order valence-electron chi connectivity index (χ3n) is 4.68. The number of imidazole rings is 1. The largest absolute Gasteiger partial charge is 0.368 e. The molecule has 2 aliphatic rings. The van der Waals surface area contributed by atoms with E-state index in [9.17, 15) is 9.59 Å². The number of nitrogens with one attached hydrogen (secondary N) is 2. The molecule has 1 unspecified atom stereocenters. The average molecular weight is 328 g/mol. The van der Waals surface area contributed by atoms with Crippen LogP contribution in [0.5, 0.6) is 0 Å². The van der Waals surface area contributed by atoms with Gasteiger partial charge in [0.2, 0.25) is 5.91 Å². The maximum absolute atomic E-state index is 12.2. The van der Waals surface area contributed by atoms with Gasteiger partial charge in [-0.1, -0.05) is 12.8 Å². The van der Waals surface area contributed by atoms with Crippen LogP contribution in [0.4, 0.5) is 10.5 Å². The number of amides is 3. The van der Waals surface area contributed by atoms with E-state index in [1.807, 2.05) is 6.07 Å². The lowest BCUT2D eigenvalue weighted by Gasteiger charge is -2.26. The Hall–Kier alpha value is -2.64. The molecule has 4 rings (SSSR count). The third-order valence-corrected chi connectivity index (χ3v) is 4.68. The number of nitrogens with zero attached hydrogens (tertiary/aromatic N) is 4. The second kappa shape index (κ2) is 6.10. The Morgan fingerprint density at radius 1 is 1.12 bits per heavy atom. The molecule has 1 atom stereocenters. The molecule has 2 aromatic rings. The average Bonchev–Trinajstić information content (AvgIpc) is 2.87. The first-order chi connectivity index (χ1) is 11.7. The van der Waals surface area contributed by atoms with Gasteiger partial charge in [0.25, 0.3) is 0 Å². The third kappa shape index (κ3) is 2.68. The van der Waals surface area contributed by atoms with Crippen molar-refractivity contribution < 1.29 is 9.59 Å². The van der Waals surface area contributed by atoms with E-state index in [0.717, 1.165) is 37.3 Å². The van der Waals surface area contributed by atoms with Crippen LogP contribution in [0.25, 0.3) is 5.65 Å². The van der Waals surface area contributed by atoms with Crippen LogP contribution in [0.15, 0.2) is 18.5 Å². The minimum Gasteiger partial charge on any atom is -0.368 e. The van der Waals surface area contributed by atoms with Gasteiger partial charge in [-0.25, -0.2) is 14.3 Å². The number of rotatable bonds is 2. The van der Waals surface area contributed by atoms with Crippen LogP contribution >= 0.6 is 0 Å². The number of urea groups is 1. The van der Waals surface area contributed by atoms with Crippen molar-refractivity contribution in [2.75, 3.05) is 24.5 Å². The van der Waals surface area contributed by atoms with E-state index in [0.29, 0.717) is 5.69 Å².